The molecule has 4 nitrogen and oxygen atoms in total. The van der Waals surface area contributed by atoms with Crippen LogP contribution in [-0.4, -0.2) is 49.3 Å². The standard InChI is InChI=1S/C15H21N3O/c1-18-6-7-19-14(11-18)10-16-9-12-2-3-13-4-5-17-15(13)8-12/h2-5,8,14,16-17H,6-7,9-11H2,1H3. The van der Waals surface area contributed by atoms with E-state index in [9.17, 15) is 0 Å². The zero-order chi connectivity index (χ0) is 13.1. The number of fused-ring (bicyclic) bond motifs is 1. The van der Waals surface area contributed by atoms with Gasteiger partial charge in [-0.25, -0.2) is 0 Å². The first kappa shape index (κ1) is 12.7. The molecule has 0 spiro atoms. The Morgan fingerprint density at radius 3 is 3.26 bits per heavy atom. The number of hydrogen-bond donors (Lipinski definition) is 2. The van der Waals surface area contributed by atoms with Gasteiger partial charge in [-0.1, -0.05) is 12.1 Å². The molecule has 1 saturated heterocycles. The average Bonchev–Trinajstić information content (AvgIpc) is 2.86. The van der Waals surface area contributed by atoms with Crippen molar-refractivity contribution in [3.63, 3.8) is 0 Å². The van der Waals surface area contributed by atoms with Gasteiger partial charge in [0.2, 0.25) is 0 Å². The van der Waals surface area contributed by atoms with Gasteiger partial charge in [0.25, 0.3) is 0 Å². The van der Waals surface area contributed by atoms with Crippen molar-refractivity contribution in [2.75, 3.05) is 33.3 Å². The van der Waals surface area contributed by atoms with Crippen LogP contribution in [0.25, 0.3) is 10.9 Å². The fourth-order valence-corrected chi connectivity index (χ4v) is 2.57. The van der Waals surface area contributed by atoms with Crippen LogP contribution >= 0.6 is 0 Å². The number of rotatable bonds is 4. The maximum Gasteiger partial charge on any atom is 0.0826 e. The molecule has 2 N–H and O–H groups in total. The van der Waals surface area contributed by atoms with Gasteiger partial charge in [0.05, 0.1) is 12.7 Å². The Balaban J connectivity index is 1.51. The third-order valence-electron chi connectivity index (χ3n) is 3.66. The van der Waals surface area contributed by atoms with Gasteiger partial charge >= 0.3 is 0 Å². The molecule has 0 bridgehead atoms. The van der Waals surface area contributed by atoms with Gasteiger partial charge in [0.1, 0.15) is 0 Å². The molecule has 3 rings (SSSR count). The van der Waals surface area contributed by atoms with E-state index in [4.69, 9.17) is 4.74 Å². The molecule has 1 aliphatic heterocycles. The smallest absolute Gasteiger partial charge is 0.0826 e. The van der Waals surface area contributed by atoms with Crippen LogP contribution in [0.5, 0.6) is 0 Å². The normalized spacial score (nSPS) is 21.0. The highest BCUT2D eigenvalue weighted by Gasteiger charge is 2.16. The molecule has 1 atom stereocenters. The molecule has 1 aromatic heterocycles. The molecule has 1 aliphatic rings. The van der Waals surface area contributed by atoms with Gasteiger partial charge in [-0.3, -0.25) is 0 Å². The predicted molar refractivity (Wildman–Crippen MR) is 77.2 cm³/mol. The second kappa shape index (κ2) is 5.74. The minimum atomic E-state index is 0.313. The van der Waals surface area contributed by atoms with Crippen molar-refractivity contribution >= 4 is 10.9 Å². The minimum absolute atomic E-state index is 0.313. The van der Waals surface area contributed by atoms with Crippen LogP contribution in [0.15, 0.2) is 30.5 Å². The van der Waals surface area contributed by atoms with Gasteiger partial charge in [0.15, 0.2) is 0 Å². The topological polar surface area (TPSA) is 40.3 Å². The molecule has 0 saturated carbocycles. The summed E-state index contributed by atoms with van der Waals surface area (Å²) in [6.07, 6.45) is 2.29. The number of aromatic nitrogens is 1. The van der Waals surface area contributed by atoms with E-state index < -0.39 is 0 Å². The molecule has 1 fully saturated rings. The Morgan fingerprint density at radius 1 is 1.42 bits per heavy atom. The zero-order valence-electron chi connectivity index (χ0n) is 11.4. The quantitative estimate of drug-likeness (QED) is 0.876. The largest absolute Gasteiger partial charge is 0.374 e. The van der Waals surface area contributed by atoms with Crippen LogP contribution in [0.3, 0.4) is 0 Å². The van der Waals surface area contributed by atoms with E-state index >= 15 is 0 Å². The SMILES string of the molecule is CN1CCOC(CNCc2ccc3cc[nH]c3c2)C1. The highest BCUT2D eigenvalue weighted by Crippen LogP contribution is 2.14. The molecular formula is C15H21N3O. The molecule has 1 unspecified atom stereocenters. The van der Waals surface area contributed by atoms with E-state index in [1.165, 1.54) is 16.5 Å². The summed E-state index contributed by atoms with van der Waals surface area (Å²) < 4.78 is 5.73. The summed E-state index contributed by atoms with van der Waals surface area (Å²) in [6, 6.07) is 8.64. The van der Waals surface area contributed by atoms with Crippen molar-refractivity contribution in [3.8, 4) is 0 Å². The van der Waals surface area contributed by atoms with Crippen molar-refractivity contribution in [1.29, 1.82) is 0 Å². The minimum Gasteiger partial charge on any atom is -0.374 e. The van der Waals surface area contributed by atoms with Crippen molar-refractivity contribution in [2.45, 2.75) is 12.6 Å². The van der Waals surface area contributed by atoms with Crippen LogP contribution in [0.4, 0.5) is 0 Å². The highest BCUT2D eigenvalue weighted by atomic mass is 16.5. The number of benzene rings is 1. The second-order valence-electron chi connectivity index (χ2n) is 5.29. The molecule has 102 valence electrons. The lowest BCUT2D eigenvalue weighted by atomic mass is 10.1. The first-order chi connectivity index (χ1) is 9.31. The maximum atomic E-state index is 5.73. The molecule has 1 aromatic carbocycles. The summed E-state index contributed by atoms with van der Waals surface area (Å²) in [5, 5.41) is 4.75. The van der Waals surface area contributed by atoms with Crippen LogP contribution < -0.4 is 5.32 Å². The van der Waals surface area contributed by atoms with Gasteiger partial charge in [-0.15, -0.1) is 0 Å². The van der Waals surface area contributed by atoms with E-state index in [1.807, 2.05) is 6.20 Å². The van der Waals surface area contributed by atoms with Crippen molar-refractivity contribution < 1.29 is 4.74 Å². The third kappa shape index (κ3) is 3.15. The molecular weight excluding hydrogens is 238 g/mol. The first-order valence-corrected chi connectivity index (χ1v) is 6.88. The number of nitrogens with zero attached hydrogens (tertiary/aromatic N) is 1. The van der Waals surface area contributed by atoms with Crippen LogP contribution in [-0.2, 0) is 11.3 Å². The monoisotopic (exact) mass is 259 g/mol. The fourth-order valence-electron chi connectivity index (χ4n) is 2.57. The third-order valence-corrected chi connectivity index (χ3v) is 3.66. The lowest BCUT2D eigenvalue weighted by molar-refractivity contribution is -0.0182. The fraction of sp³-hybridized carbons (Fsp3) is 0.467. The molecule has 19 heavy (non-hydrogen) atoms. The number of likely N-dealkylation sites (N-methyl/N-ethyl adjacent to an activating group) is 1. The Kier molecular flexibility index (Phi) is 3.82. The van der Waals surface area contributed by atoms with E-state index in [-0.39, 0.29) is 0 Å². The number of nitrogens with one attached hydrogen (secondary N) is 2. The van der Waals surface area contributed by atoms with Gasteiger partial charge in [0, 0.05) is 37.9 Å². The molecule has 2 heterocycles. The molecule has 0 aliphatic carbocycles. The predicted octanol–water partition coefficient (Wildman–Crippen LogP) is 1.59. The van der Waals surface area contributed by atoms with E-state index in [0.717, 1.165) is 32.8 Å². The van der Waals surface area contributed by atoms with Crippen LogP contribution in [0, 0.1) is 0 Å². The number of hydrogen-bond acceptors (Lipinski definition) is 3. The Labute approximate surface area is 113 Å². The molecule has 0 amide bonds. The first-order valence-electron chi connectivity index (χ1n) is 6.88. The summed E-state index contributed by atoms with van der Waals surface area (Å²) in [5.41, 5.74) is 2.51. The van der Waals surface area contributed by atoms with E-state index in [1.54, 1.807) is 0 Å². The average molecular weight is 259 g/mol. The summed E-state index contributed by atoms with van der Waals surface area (Å²) in [5.74, 6) is 0. The summed E-state index contributed by atoms with van der Waals surface area (Å²) in [6.45, 7) is 4.70. The van der Waals surface area contributed by atoms with Crippen molar-refractivity contribution in [1.82, 2.24) is 15.2 Å². The Bertz CT molecular complexity index is 537. The lowest BCUT2D eigenvalue weighted by Gasteiger charge is -2.30. The van der Waals surface area contributed by atoms with E-state index in [2.05, 4.69) is 46.5 Å². The van der Waals surface area contributed by atoms with Crippen molar-refractivity contribution in [3.05, 3.63) is 36.0 Å². The van der Waals surface area contributed by atoms with Gasteiger partial charge in [-0.2, -0.15) is 0 Å². The van der Waals surface area contributed by atoms with Crippen molar-refractivity contribution in [2.24, 2.45) is 0 Å². The molecule has 2 aromatic rings. The summed E-state index contributed by atoms with van der Waals surface area (Å²) in [4.78, 5) is 5.57. The van der Waals surface area contributed by atoms with Gasteiger partial charge in [-0.05, 0) is 30.1 Å². The zero-order valence-corrected chi connectivity index (χ0v) is 11.4. The van der Waals surface area contributed by atoms with Crippen LogP contribution in [0.2, 0.25) is 0 Å². The number of H-pyrrole nitrogens is 1. The summed E-state index contributed by atoms with van der Waals surface area (Å²) >= 11 is 0. The second-order valence-corrected chi connectivity index (χ2v) is 5.29. The lowest BCUT2D eigenvalue weighted by Crippen LogP contribution is -2.44. The summed E-state index contributed by atoms with van der Waals surface area (Å²) in [7, 11) is 2.15. The van der Waals surface area contributed by atoms with Crippen LogP contribution in [0.1, 0.15) is 5.56 Å². The number of aromatic amines is 1. The number of ether oxygens (including phenoxy) is 1. The van der Waals surface area contributed by atoms with E-state index in [0.29, 0.717) is 6.10 Å². The Morgan fingerprint density at radius 2 is 2.37 bits per heavy atom. The highest BCUT2D eigenvalue weighted by molar-refractivity contribution is 5.79. The number of morpholine rings is 1. The Hall–Kier alpha value is -1.36. The maximum absolute atomic E-state index is 5.73. The molecule has 0 radical (unpaired) electrons. The molecule has 4 heteroatoms. The van der Waals surface area contributed by atoms with Gasteiger partial charge < -0.3 is 19.9 Å².